The molecule has 0 bridgehead atoms. The summed E-state index contributed by atoms with van der Waals surface area (Å²) in [7, 11) is 1.71. The van der Waals surface area contributed by atoms with Gasteiger partial charge in [-0.1, -0.05) is 12.1 Å². The fraction of sp³-hybridized carbons (Fsp3) is 0.538. The lowest BCUT2D eigenvalue weighted by atomic mass is 9.97. The minimum absolute atomic E-state index is 0.475. The number of hydrogen-bond acceptors (Lipinski definition) is 2. The fourth-order valence-corrected chi connectivity index (χ4v) is 1.97. The van der Waals surface area contributed by atoms with Crippen molar-refractivity contribution in [2.24, 2.45) is 11.1 Å². The summed E-state index contributed by atoms with van der Waals surface area (Å²) < 4.78 is 5.20. The van der Waals surface area contributed by atoms with Crippen LogP contribution in [-0.2, 0) is 6.42 Å². The van der Waals surface area contributed by atoms with Crippen molar-refractivity contribution < 1.29 is 4.74 Å². The molecule has 1 aliphatic carbocycles. The van der Waals surface area contributed by atoms with Gasteiger partial charge in [0.15, 0.2) is 0 Å². The summed E-state index contributed by atoms with van der Waals surface area (Å²) in [6, 6.07) is 8.32. The third-order valence-corrected chi connectivity index (χ3v) is 3.47. The third-order valence-electron chi connectivity index (χ3n) is 3.47. The highest BCUT2D eigenvalue weighted by atomic mass is 16.5. The zero-order valence-corrected chi connectivity index (χ0v) is 9.33. The van der Waals surface area contributed by atoms with Crippen LogP contribution < -0.4 is 10.5 Å². The number of benzene rings is 1. The molecule has 0 saturated heterocycles. The van der Waals surface area contributed by atoms with Crippen LogP contribution in [0.1, 0.15) is 24.8 Å². The highest BCUT2D eigenvalue weighted by Gasteiger charge is 2.40. The summed E-state index contributed by atoms with van der Waals surface area (Å²) in [5, 5.41) is 0. The van der Waals surface area contributed by atoms with Crippen molar-refractivity contribution in [3.05, 3.63) is 29.8 Å². The predicted molar refractivity (Wildman–Crippen MR) is 62.0 cm³/mol. The Bertz CT molecular complexity index is 331. The molecule has 1 aromatic rings. The predicted octanol–water partition coefficient (Wildman–Crippen LogP) is 2.37. The summed E-state index contributed by atoms with van der Waals surface area (Å²) in [6.07, 6.45) is 4.96. The van der Waals surface area contributed by atoms with Crippen LogP contribution in [0.25, 0.3) is 0 Å². The van der Waals surface area contributed by atoms with E-state index in [0.29, 0.717) is 5.41 Å². The Morgan fingerprint density at radius 1 is 1.40 bits per heavy atom. The van der Waals surface area contributed by atoms with Crippen molar-refractivity contribution >= 4 is 0 Å². The maximum Gasteiger partial charge on any atom is 0.119 e. The van der Waals surface area contributed by atoms with Gasteiger partial charge in [0.05, 0.1) is 7.11 Å². The molecule has 0 spiro atoms. The van der Waals surface area contributed by atoms with Crippen LogP contribution in [-0.4, -0.2) is 13.7 Å². The summed E-state index contributed by atoms with van der Waals surface area (Å²) in [6.45, 7) is 0.844. The smallest absolute Gasteiger partial charge is 0.119 e. The van der Waals surface area contributed by atoms with Crippen molar-refractivity contribution in [3.8, 4) is 5.75 Å². The van der Waals surface area contributed by atoms with E-state index >= 15 is 0 Å². The van der Waals surface area contributed by atoms with Crippen LogP contribution >= 0.6 is 0 Å². The molecule has 0 heterocycles. The lowest BCUT2D eigenvalue weighted by molar-refractivity contribution is 0.413. The molecule has 0 radical (unpaired) electrons. The Kier molecular flexibility index (Phi) is 2.96. The molecule has 82 valence electrons. The van der Waals surface area contributed by atoms with Gasteiger partial charge in [0.2, 0.25) is 0 Å². The second-order valence-electron chi connectivity index (χ2n) is 4.56. The first-order valence-corrected chi connectivity index (χ1v) is 5.61. The van der Waals surface area contributed by atoms with E-state index in [-0.39, 0.29) is 0 Å². The minimum Gasteiger partial charge on any atom is -0.497 e. The Balaban J connectivity index is 1.93. The first kappa shape index (κ1) is 10.5. The first-order valence-electron chi connectivity index (χ1n) is 5.61. The molecule has 2 nitrogen and oxygen atoms in total. The highest BCUT2D eigenvalue weighted by molar-refractivity contribution is 5.28. The molecular weight excluding hydrogens is 186 g/mol. The molecular formula is C13H19NO. The van der Waals surface area contributed by atoms with Gasteiger partial charge in [-0.25, -0.2) is 0 Å². The summed E-state index contributed by atoms with van der Waals surface area (Å²) in [5.41, 5.74) is 7.60. The second kappa shape index (κ2) is 4.23. The zero-order valence-electron chi connectivity index (χ0n) is 9.33. The molecule has 0 aromatic heterocycles. The topological polar surface area (TPSA) is 35.2 Å². The van der Waals surface area contributed by atoms with Gasteiger partial charge in [0, 0.05) is 0 Å². The average molecular weight is 205 g/mol. The van der Waals surface area contributed by atoms with Crippen LogP contribution in [0.15, 0.2) is 24.3 Å². The van der Waals surface area contributed by atoms with E-state index in [1.165, 1.54) is 24.8 Å². The number of rotatable bonds is 5. The highest BCUT2D eigenvalue weighted by Crippen LogP contribution is 2.48. The lowest BCUT2D eigenvalue weighted by Crippen LogP contribution is -2.15. The number of ether oxygens (including phenoxy) is 1. The summed E-state index contributed by atoms with van der Waals surface area (Å²) in [4.78, 5) is 0. The van der Waals surface area contributed by atoms with Gasteiger partial charge in [0.25, 0.3) is 0 Å². The number of hydrogen-bond donors (Lipinski definition) is 1. The molecule has 1 fully saturated rings. The number of aryl methyl sites for hydroxylation is 1. The number of nitrogens with two attached hydrogens (primary N) is 1. The average Bonchev–Trinajstić information content (AvgIpc) is 3.07. The van der Waals surface area contributed by atoms with Crippen LogP contribution in [0.2, 0.25) is 0 Å². The Labute approximate surface area is 91.4 Å². The van der Waals surface area contributed by atoms with E-state index in [1.54, 1.807) is 7.11 Å². The van der Waals surface area contributed by atoms with Gasteiger partial charge < -0.3 is 10.5 Å². The van der Waals surface area contributed by atoms with E-state index < -0.39 is 0 Å². The molecule has 15 heavy (non-hydrogen) atoms. The maximum atomic E-state index is 5.76. The standard InChI is InChI=1S/C13H19NO/c1-15-12-4-2-3-11(9-12)5-6-13(10-14)7-8-13/h2-4,9H,5-8,10,14H2,1H3. The van der Waals surface area contributed by atoms with Gasteiger partial charge in [-0.05, 0) is 55.3 Å². The van der Waals surface area contributed by atoms with Crippen LogP contribution in [0.4, 0.5) is 0 Å². The largest absolute Gasteiger partial charge is 0.497 e. The summed E-state index contributed by atoms with van der Waals surface area (Å²) in [5.74, 6) is 0.949. The molecule has 0 unspecified atom stereocenters. The molecule has 0 aliphatic heterocycles. The van der Waals surface area contributed by atoms with E-state index in [1.807, 2.05) is 6.07 Å². The first-order chi connectivity index (χ1) is 7.28. The van der Waals surface area contributed by atoms with Crippen molar-refractivity contribution in [2.45, 2.75) is 25.7 Å². The molecule has 0 amide bonds. The SMILES string of the molecule is COc1cccc(CCC2(CN)CC2)c1. The molecule has 2 rings (SSSR count). The van der Waals surface area contributed by atoms with E-state index in [2.05, 4.69) is 18.2 Å². The maximum absolute atomic E-state index is 5.76. The van der Waals surface area contributed by atoms with Gasteiger partial charge in [0.1, 0.15) is 5.75 Å². The van der Waals surface area contributed by atoms with Crippen molar-refractivity contribution in [1.29, 1.82) is 0 Å². The molecule has 1 saturated carbocycles. The van der Waals surface area contributed by atoms with Crippen LogP contribution in [0, 0.1) is 5.41 Å². The van der Waals surface area contributed by atoms with Crippen molar-refractivity contribution in [1.82, 2.24) is 0 Å². The quantitative estimate of drug-likeness (QED) is 0.801. The van der Waals surface area contributed by atoms with E-state index in [0.717, 1.165) is 18.7 Å². The molecule has 0 atom stereocenters. The molecule has 1 aliphatic rings. The normalized spacial score (nSPS) is 17.5. The molecule has 1 aromatic carbocycles. The molecule has 2 heteroatoms. The second-order valence-corrected chi connectivity index (χ2v) is 4.56. The Morgan fingerprint density at radius 3 is 2.80 bits per heavy atom. The van der Waals surface area contributed by atoms with Crippen molar-refractivity contribution in [3.63, 3.8) is 0 Å². The number of methoxy groups -OCH3 is 1. The third kappa shape index (κ3) is 2.51. The summed E-state index contributed by atoms with van der Waals surface area (Å²) >= 11 is 0. The van der Waals surface area contributed by atoms with E-state index in [9.17, 15) is 0 Å². The van der Waals surface area contributed by atoms with Crippen LogP contribution in [0.3, 0.4) is 0 Å². The minimum atomic E-state index is 0.475. The monoisotopic (exact) mass is 205 g/mol. The van der Waals surface area contributed by atoms with Gasteiger partial charge in [-0.3, -0.25) is 0 Å². The van der Waals surface area contributed by atoms with Gasteiger partial charge in [-0.2, -0.15) is 0 Å². The van der Waals surface area contributed by atoms with Crippen LogP contribution in [0.5, 0.6) is 5.75 Å². The lowest BCUT2D eigenvalue weighted by Gasteiger charge is -2.12. The van der Waals surface area contributed by atoms with E-state index in [4.69, 9.17) is 10.5 Å². The molecule has 2 N–H and O–H groups in total. The van der Waals surface area contributed by atoms with Crippen molar-refractivity contribution in [2.75, 3.05) is 13.7 Å². The van der Waals surface area contributed by atoms with Gasteiger partial charge in [-0.15, -0.1) is 0 Å². The van der Waals surface area contributed by atoms with Gasteiger partial charge >= 0.3 is 0 Å². The fourth-order valence-electron chi connectivity index (χ4n) is 1.97. The Hall–Kier alpha value is -1.02. The zero-order chi connectivity index (χ0) is 10.7. The Morgan fingerprint density at radius 2 is 2.20 bits per heavy atom.